The molecule has 0 saturated heterocycles. The predicted octanol–water partition coefficient (Wildman–Crippen LogP) is 3.21. The molecule has 1 heterocycles. The number of carbonyl (C=O) groups excluding carboxylic acids is 2. The van der Waals surface area contributed by atoms with Gasteiger partial charge in [0.05, 0.1) is 18.4 Å². The lowest BCUT2D eigenvalue weighted by Crippen LogP contribution is -2.21. The topological polar surface area (TPSA) is 64.6 Å². The van der Waals surface area contributed by atoms with Crippen molar-refractivity contribution in [2.24, 2.45) is 0 Å². The normalized spacial score (nSPS) is 10.0. The minimum absolute atomic E-state index is 0.385. The minimum Gasteiger partial charge on any atom is -0.495 e. The van der Waals surface area contributed by atoms with Crippen molar-refractivity contribution in [3.63, 3.8) is 0 Å². The molecule has 5 nitrogen and oxygen atoms in total. The molecule has 1 amide bonds. The molecule has 2 rings (SSSR count). The number of esters is 1. The summed E-state index contributed by atoms with van der Waals surface area (Å²) in [6.45, 7) is -0.385. The van der Waals surface area contributed by atoms with Crippen molar-refractivity contribution in [1.82, 2.24) is 0 Å². The lowest BCUT2D eigenvalue weighted by atomic mass is 10.3. The number of methoxy groups -OCH3 is 1. The highest BCUT2D eigenvalue weighted by Gasteiger charge is 2.12. The van der Waals surface area contributed by atoms with Crippen LogP contribution in [0.4, 0.5) is 5.69 Å². The first-order valence-corrected chi connectivity index (χ1v) is 7.25. The van der Waals surface area contributed by atoms with Gasteiger partial charge in [-0.2, -0.15) is 11.3 Å². The molecule has 0 radical (unpaired) electrons. The second-order valence-corrected chi connectivity index (χ2v) is 5.20. The van der Waals surface area contributed by atoms with Crippen molar-refractivity contribution in [2.45, 2.75) is 0 Å². The Balaban J connectivity index is 1.93. The summed E-state index contributed by atoms with van der Waals surface area (Å²) in [6.07, 6.45) is 0. The molecule has 0 aliphatic rings. The molecule has 1 aromatic carbocycles. The number of hydrogen-bond donors (Lipinski definition) is 1. The summed E-state index contributed by atoms with van der Waals surface area (Å²) in [5.74, 6) is -0.541. The molecule has 0 spiro atoms. The number of nitrogens with one attached hydrogen (secondary N) is 1. The molecule has 21 heavy (non-hydrogen) atoms. The zero-order valence-corrected chi connectivity index (χ0v) is 12.7. The number of rotatable bonds is 5. The molecule has 1 aromatic heterocycles. The van der Waals surface area contributed by atoms with E-state index >= 15 is 0 Å². The maximum Gasteiger partial charge on any atom is 0.339 e. The van der Waals surface area contributed by atoms with E-state index in [1.165, 1.54) is 18.4 Å². The predicted molar refractivity (Wildman–Crippen MR) is 81.2 cm³/mol. The van der Waals surface area contributed by atoms with Crippen LogP contribution in [0.15, 0.2) is 35.0 Å². The number of carbonyl (C=O) groups is 2. The SMILES string of the molecule is COc1ccc(Cl)cc1NC(=O)COC(=O)c1ccsc1. The van der Waals surface area contributed by atoms with E-state index in [9.17, 15) is 9.59 Å². The van der Waals surface area contributed by atoms with Crippen LogP contribution in [0.25, 0.3) is 0 Å². The van der Waals surface area contributed by atoms with E-state index in [0.717, 1.165) is 0 Å². The van der Waals surface area contributed by atoms with Crippen molar-refractivity contribution >= 4 is 40.5 Å². The Bertz CT molecular complexity index is 642. The van der Waals surface area contributed by atoms with Gasteiger partial charge in [-0.1, -0.05) is 11.6 Å². The Morgan fingerprint density at radius 1 is 1.33 bits per heavy atom. The lowest BCUT2D eigenvalue weighted by molar-refractivity contribution is -0.119. The highest BCUT2D eigenvalue weighted by Crippen LogP contribution is 2.27. The summed E-state index contributed by atoms with van der Waals surface area (Å²) in [7, 11) is 1.48. The fourth-order valence-electron chi connectivity index (χ4n) is 1.56. The van der Waals surface area contributed by atoms with Crippen molar-refractivity contribution in [1.29, 1.82) is 0 Å². The number of halogens is 1. The van der Waals surface area contributed by atoms with Crippen LogP contribution in [0.1, 0.15) is 10.4 Å². The fourth-order valence-corrected chi connectivity index (χ4v) is 2.36. The van der Waals surface area contributed by atoms with E-state index in [-0.39, 0.29) is 6.61 Å². The van der Waals surface area contributed by atoms with Gasteiger partial charge in [0.25, 0.3) is 5.91 Å². The minimum atomic E-state index is -0.538. The number of hydrogen-bond acceptors (Lipinski definition) is 5. The first-order valence-electron chi connectivity index (χ1n) is 5.93. The zero-order chi connectivity index (χ0) is 15.2. The van der Waals surface area contributed by atoms with Gasteiger partial charge in [0.1, 0.15) is 5.75 Å². The number of ether oxygens (including phenoxy) is 2. The number of thiophene rings is 1. The molecule has 0 bridgehead atoms. The van der Waals surface area contributed by atoms with Crippen LogP contribution in [0.5, 0.6) is 5.75 Å². The second kappa shape index (κ2) is 7.10. The largest absolute Gasteiger partial charge is 0.495 e. The van der Waals surface area contributed by atoms with Gasteiger partial charge in [-0.05, 0) is 29.6 Å². The summed E-state index contributed by atoms with van der Waals surface area (Å²) < 4.78 is 10.0. The van der Waals surface area contributed by atoms with Crippen molar-refractivity contribution in [3.05, 3.63) is 45.6 Å². The van der Waals surface area contributed by atoms with E-state index in [1.807, 2.05) is 0 Å². The maximum atomic E-state index is 11.8. The van der Waals surface area contributed by atoms with Crippen LogP contribution in [-0.4, -0.2) is 25.6 Å². The van der Waals surface area contributed by atoms with Gasteiger partial charge >= 0.3 is 5.97 Å². The third-order valence-corrected chi connectivity index (χ3v) is 3.45. The maximum absolute atomic E-state index is 11.8. The number of anilines is 1. The van der Waals surface area contributed by atoms with E-state index in [2.05, 4.69) is 5.32 Å². The fraction of sp³-hybridized carbons (Fsp3) is 0.143. The molecule has 0 aliphatic carbocycles. The third kappa shape index (κ3) is 4.21. The molecule has 0 saturated carbocycles. The first-order chi connectivity index (χ1) is 10.1. The molecule has 0 aliphatic heterocycles. The molecular formula is C14H12ClNO4S. The Kier molecular flexibility index (Phi) is 5.19. The Hall–Kier alpha value is -2.05. The second-order valence-electron chi connectivity index (χ2n) is 3.98. The smallest absolute Gasteiger partial charge is 0.339 e. The Labute approximate surface area is 130 Å². The molecule has 1 N–H and O–H groups in total. The average Bonchev–Trinajstić information content (AvgIpc) is 2.99. The van der Waals surface area contributed by atoms with E-state index < -0.39 is 11.9 Å². The standard InChI is InChI=1S/C14H12ClNO4S/c1-19-12-3-2-10(15)6-11(12)16-13(17)7-20-14(18)9-4-5-21-8-9/h2-6,8H,7H2,1H3,(H,16,17). The summed E-state index contributed by atoms with van der Waals surface area (Å²) in [5, 5.41) is 6.45. The van der Waals surface area contributed by atoms with Crippen LogP contribution in [0, 0.1) is 0 Å². The van der Waals surface area contributed by atoms with Gasteiger partial charge in [-0.25, -0.2) is 4.79 Å². The van der Waals surface area contributed by atoms with Gasteiger partial charge in [0, 0.05) is 10.4 Å². The lowest BCUT2D eigenvalue weighted by Gasteiger charge is -2.10. The van der Waals surface area contributed by atoms with Crippen LogP contribution in [-0.2, 0) is 9.53 Å². The number of benzene rings is 1. The molecule has 7 heteroatoms. The van der Waals surface area contributed by atoms with Gasteiger partial charge in [0.2, 0.25) is 0 Å². The van der Waals surface area contributed by atoms with Crippen molar-refractivity contribution in [3.8, 4) is 5.75 Å². The highest BCUT2D eigenvalue weighted by molar-refractivity contribution is 7.08. The highest BCUT2D eigenvalue weighted by atomic mass is 35.5. The van der Waals surface area contributed by atoms with Crippen molar-refractivity contribution < 1.29 is 19.1 Å². The van der Waals surface area contributed by atoms with Gasteiger partial charge in [0.15, 0.2) is 6.61 Å². The Morgan fingerprint density at radius 2 is 2.14 bits per heavy atom. The molecular weight excluding hydrogens is 314 g/mol. The summed E-state index contributed by atoms with van der Waals surface area (Å²) in [4.78, 5) is 23.4. The van der Waals surface area contributed by atoms with Gasteiger partial charge < -0.3 is 14.8 Å². The van der Waals surface area contributed by atoms with E-state index in [4.69, 9.17) is 21.1 Å². The zero-order valence-electron chi connectivity index (χ0n) is 11.1. The molecule has 110 valence electrons. The van der Waals surface area contributed by atoms with Crippen LogP contribution < -0.4 is 10.1 Å². The molecule has 0 unspecified atom stereocenters. The van der Waals surface area contributed by atoms with Crippen LogP contribution >= 0.6 is 22.9 Å². The van der Waals surface area contributed by atoms with E-state index in [1.54, 1.807) is 35.0 Å². The van der Waals surface area contributed by atoms with Crippen molar-refractivity contribution in [2.75, 3.05) is 19.0 Å². The summed E-state index contributed by atoms with van der Waals surface area (Å²) in [6, 6.07) is 6.46. The molecule has 2 aromatic rings. The summed E-state index contributed by atoms with van der Waals surface area (Å²) in [5.41, 5.74) is 0.842. The quantitative estimate of drug-likeness (QED) is 0.857. The molecule has 0 atom stereocenters. The van der Waals surface area contributed by atoms with Gasteiger partial charge in [-0.15, -0.1) is 0 Å². The van der Waals surface area contributed by atoms with Crippen LogP contribution in [0.2, 0.25) is 5.02 Å². The number of amides is 1. The monoisotopic (exact) mass is 325 g/mol. The molecule has 0 fully saturated rings. The summed E-state index contributed by atoms with van der Waals surface area (Å²) >= 11 is 7.24. The average molecular weight is 326 g/mol. The van der Waals surface area contributed by atoms with Gasteiger partial charge in [-0.3, -0.25) is 4.79 Å². The third-order valence-electron chi connectivity index (χ3n) is 2.53. The van der Waals surface area contributed by atoms with Crippen LogP contribution in [0.3, 0.4) is 0 Å². The first kappa shape index (κ1) is 15.3. The Morgan fingerprint density at radius 3 is 2.81 bits per heavy atom. The van der Waals surface area contributed by atoms with E-state index in [0.29, 0.717) is 22.0 Å².